The van der Waals surface area contributed by atoms with Crippen LogP contribution in [0.25, 0.3) is 0 Å². The number of carbonyl (C=O) groups excluding carboxylic acids is 1. The summed E-state index contributed by atoms with van der Waals surface area (Å²) in [7, 11) is 0. The van der Waals surface area contributed by atoms with Crippen LogP contribution in [-0.4, -0.2) is 28.4 Å². The fourth-order valence-electron chi connectivity index (χ4n) is 5.26. The second-order valence-electron chi connectivity index (χ2n) is 7.91. The van der Waals surface area contributed by atoms with Gasteiger partial charge in [-0.25, -0.2) is 0 Å². The van der Waals surface area contributed by atoms with E-state index in [2.05, 4.69) is 34.1 Å². The lowest BCUT2D eigenvalue weighted by molar-refractivity contribution is -0.133. The minimum Gasteiger partial charge on any atom is -0.368 e. The van der Waals surface area contributed by atoms with E-state index in [1.54, 1.807) is 12.4 Å². The van der Waals surface area contributed by atoms with Crippen LogP contribution >= 0.6 is 0 Å². The third-order valence-electron chi connectivity index (χ3n) is 6.42. The predicted octanol–water partition coefficient (Wildman–Crippen LogP) is 3.22. The Morgan fingerprint density at radius 1 is 1.11 bits per heavy atom. The van der Waals surface area contributed by atoms with Gasteiger partial charge in [-0.15, -0.1) is 0 Å². The molecule has 0 spiro atoms. The molecule has 3 heterocycles. The SMILES string of the molecule is NC(=O)C1c2cnccc2C2OC([C@@H]3CCCc4ccccc43)CCCN21. The van der Waals surface area contributed by atoms with Gasteiger partial charge in [-0.2, -0.15) is 0 Å². The first-order valence-corrected chi connectivity index (χ1v) is 9.96. The first kappa shape index (κ1) is 16.9. The van der Waals surface area contributed by atoms with Crippen molar-refractivity contribution in [3.05, 3.63) is 65.0 Å². The van der Waals surface area contributed by atoms with E-state index in [0.29, 0.717) is 5.92 Å². The standard InChI is InChI=1S/C22H25N3O2/c23-21(26)20-18-13-24-11-10-17(18)22-25(20)12-4-9-19(27-22)16-8-3-6-14-5-1-2-7-15(14)16/h1-2,5,7,10-11,13,16,19-20,22H,3-4,6,8-9,12H2,(H2,23,26)/t16-,19?,20?,22?/m1/s1. The number of primary amides is 1. The number of hydrogen-bond acceptors (Lipinski definition) is 4. The maximum atomic E-state index is 12.2. The highest BCUT2D eigenvalue weighted by atomic mass is 16.5. The van der Waals surface area contributed by atoms with Crippen molar-refractivity contribution in [1.29, 1.82) is 0 Å². The fraction of sp³-hybridized carbons (Fsp3) is 0.455. The molecular weight excluding hydrogens is 338 g/mol. The predicted molar refractivity (Wildman–Crippen MR) is 102 cm³/mol. The number of aromatic nitrogens is 1. The highest BCUT2D eigenvalue weighted by Gasteiger charge is 2.45. The number of benzene rings is 1. The van der Waals surface area contributed by atoms with E-state index in [4.69, 9.17) is 10.5 Å². The second-order valence-corrected chi connectivity index (χ2v) is 7.91. The second kappa shape index (κ2) is 6.73. The van der Waals surface area contributed by atoms with Gasteiger partial charge in [-0.05, 0) is 49.3 Å². The molecule has 1 fully saturated rings. The Kier molecular flexibility index (Phi) is 4.21. The van der Waals surface area contributed by atoms with Gasteiger partial charge in [0.25, 0.3) is 0 Å². The highest BCUT2D eigenvalue weighted by Crippen LogP contribution is 2.47. The Morgan fingerprint density at radius 2 is 2.00 bits per heavy atom. The molecule has 1 saturated heterocycles. The normalized spacial score (nSPS) is 30.1. The third kappa shape index (κ3) is 2.77. The Morgan fingerprint density at radius 3 is 2.89 bits per heavy atom. The molecule has 0 radical (unpaired) electrons. The molecule has 0 saturated carbocycles. The van der Waals surface area contributed by atoms with Gasteiger partial charge in [0.1, 0.15) is 12.3 Å². The van der Waals surface area contributed by atoms with E-state index in [0.717, 1.165) is 43.4 Å². The number of hydrogen-bond donors (Lipinski definition) is 1. The van der Waals surface area contributed by atoms with Gasteiger partial charge in [0.05, 0.1) is 6.10 Å². The minimum absolute atomic E-state index is 0.161. The largest absolute Gasteiger partial charge is 0.368 e. The number of aryl methyl sites for hydroxylation is 1. The van der Waals surface area contributed by atoms with Crippen LogP contribution < -0.4 is 5.73 Å². The summed E-state index contributed by atoms with van der Waals surface area (Å²) < 4.78 is 6.73. The summed E-state index contributed by atoms with van der Waals surface area (Å²) in [6.45, 7) is 0.817. The lowest BCUT2D eigenvalue weighted by atomic mass is 9.78. The molecule has 27 heavy (non-hydrogen) atoms. The fourth-order valence-corrected chi connectivity index (χ4v) is 5.26. The summed E-state index contributed by atoms with van der Waals surface area (Å²) in [4.78, 5) is 18.5. The van der Waals surface area contributed by atoms with Crippen molar-refractivity contribution < 1.29 is 9.53 Å². The molecule has 140 valence electrons. The molecule has 0 bridgehead atoms. The van der Waals surface area contributed by atoms with Crippen molar-refractivity contribution in [3.8, 4) is 0 Å². The first-order chi connectivity index (χ1) is 13.2. The van der Waals surface area contributed by atoms with Crippen LogP contribution in [0.5, 0.6) is 0 Å². The van der Waals surface area contributed by atoms with Crippen LogP contribution in [0.1, 0.15) is 66.1 Å². The monoisotopic (exact) mass is 363 g/mol. The number of ether oxygens (including phenoxy) is 1. The van der Waals surface area contributed by atoms with E-state index in [1.807, 2.05) is 6.07 Å². The van der Waals surface area contributed by atoms with E-state index in [1.165, 1.54) is 17.5 Å². The van der Waals surface area contributed by atoms with Crippen molar-refractivity contribution in [3.63, 3.8) is 0 Å². The zero-order valence-electron chi connectivity index (χ0n) is 15.4. The number of carbonyl (C=O) groups is 1. The molecule has 5 nitrogen and oxygen atoms in total. The van der Waals surface area contributed by atoms with E-state index in [9.17, 15) is 4.79 Å². The summed E-state index contributed by atoms with van der Waals surface area (Å²) in [6, 6.07) is 10.3. The average molecular weight is 363 g/mol. The third-order valence-corrected chi connectivity index (χ3v) is 6.42. The van der Waals surface area contributed by atoms with Crippen molar-refractivity contribution >= 4 is 5.91 Å². The van der Waals surface area contributed by atoms with Gasteiger partial charge in [0.15, 0.2) is 0 Å². The topological polar surface area (TPSA) is 68.5 Å². The minimum atomic E-state index is -0.434. The number of fused-ring (bicyclic) bond motifs is 4. The van der Waals surface area contributed by atoms with E-state index < -0.39 is 6.04 Å². The Hall–Kier alpha value is -2.24. The molecule has 3 aliphatic rings. The molecule has 2 aliphatic heterocycles. The van der Waals surface area contributed by atoms with Gasteiger partial charge in [0, 0.05) is 36.0 Å². The summed E-state index contributed by atoms with van der Waals surface area (Å²) in [5, 5.41) is 0. The molecule has 3 unspecified atom stereocenters. The van der Waals surface area contributed by atoms with Crippen molar-refractivity contribution in [1.82, 2.24) is 9.88 Å². The quantitative estimate of drug-likeness (QED) is 0.889. The molecule has 1 aromatic carbocycles. The summed E-state index contributed by atoms with van der Waals surface area (Å²) >= 11 is 0. The Labute approximate surface area is 159 Å². The van der Waals surface area contributed by atoms with Crippen LogP contribution in [0.3, 0.4) is 0 Å². The molecule has 2 aromatic rings. The molecule has 2 N–H and O–H groups in total. The average Bonchev–Trinajstić information content (AvgIpc) is 2.85. The lowest BCUT2D eigenvalue weighted by Crippen LogP contribution is -2.36. The highest BCUT2D eigenvalue weighted by molar-refractivity contribution is 5.82. The lowest BCUT2D eigenvalue weighted by Gasteiger charge is -2.34. The maximum absolute atomic E-state index is 12.2. The number of amides is 1. The zero-order valence-corrected chi connectivity index (χ0v) is 15.4. The number of nitrogens with two attached hydrogens (primary N) is 1. The molecule has 1 amide bonds. The number of rotatable bonds is 2. The van der Waals surface area contributed by atoms with Crippen molar-refractivity contribution in [2.45, 2.75) is 56.4 Å². The number of nitrogens with zero attached hydrogens (tertiary/aromatic N) is 2. The molecule has 5 rings (SSSR count). The van der Waals surface area contributed by atoms with Gasteiger partial charge >= 0.3 is 0 Å². The maximum Gasteiger partial charge on any atom is 0.239 e. The number of pyridine rings is 1. The molecule has 1 aliphatic carbocycles. The van der Waals surface area contributed by atoms with Crippen LogP contribution in [0.2, 0.25) is 0 Å². The Balaban J connectivity index is 1.50. The van der Waals surface area contributed by atoms with Crippen molar-refractivity contribution in [2.24, 2.45) is 5.73 Å². The van der Waals surface area contributed by atoms with Crippen molar-refractivity contribution in [2.75, 3.05) is 6.54 Å². The molecule has 1 aromatic heterocycles. The van der Waals surface area contributed by atoms with Gasteiger partial charge in [0.2, 0.25) is 5.91 Å². The van der Waals surface area contributed by atoms with E-state index in [-0.39, 0.29) is 18.2 Å². The van der Waals surface area contributed by atoms with Crippen LogP contribution in [0, 0.1) is 0 Å². The van der Waals surface area contributed by atoms with Gasteiger partial charge in [-0.3, -0.25) is 14.7 Å². The molecule has 5 heteroatoms. The summed E-state index contributed by atoms with van der Waals surface area (Å²) in [5.41, 5.74) is 10.6. The zero-order chi connectivity index (χ0) is 18.4. The van der Waals surface area contributed by atoms with Gasteiger partial charge in [-0.1, -0.05) is 24.3 Å². The smallest absolute Gasteiger partial charge is 0.239 e. The Bertz CT molecular complexity index is 868. The van der Waals surface area contributed by atoms with Crippen LogP contribution in [0.15, 0.2) is 42.7 Å². The van der Waals surface area contributed by atoms with Gasteiger partial charge < -0.3 is 10.5 Å². The summed E-state index contributed by atoms with van der Waals surface area (Å²) in [5.74, 6) is 0.102. The van der Waals surface area contributed by atoms with Crippen LogP contribution in [-0.2, 0) is 16.0 Å². The van der Waals surface area contributed by atoms with Crippen LogP contribution in [0.4, 0.5) is 0 Å². The molecular formula is C22H25N3O2. The summed E-state index contributed by atoms with van der Waals surface area (Å²) in [6.07, 6.45) is 9.05. The first-order valence-electron chi connectivity index (χ1n) is 9.96. The van der Waals surface area contributed by atoms with E-state index >= 15 is 0 Å². The molecule has 4 atom stereocenters.